The number of ether oxygens (including phenoxy) is 1. The Kier molecular flexibility index (Phi) is 8.83. The normalized spacial score (nSPS) is 18.4. The van der Waals surface area contributed by atoms with E-state index in [1.165, 1.54) is 29.6 Å². The summed E-state index contributed by atoms with van der Waals surface area (Å²) in [6.07, 6.45) is 4.18. The van der Waals surface area contributed by atoms with E-state index in [9.17, 15) is 13.6 Å². The lowest BCUT2D eigenvalue weighted by molar-refractivity contribution is -0.111. The molecule has 10 nitrogen and oxygen atoms in total. The third-order valence-corrected chi connectivity index (χ3v) is 7.33. The molecule has 2 atom stereocenters. The Bertz CT molecular complexity index is 1430. The van der Waals surface area contributed by atoms with Crippen molar-refractivity contribution in [3.63, 3.8) is 0 Å². The summed E-state index contributed by atoms with van der Waals surface area (Å²) < 4.78 is 33.6. The number of hydroxylamine groups is 1. The Morgan fingerprint density at radius 2 is 1.93 bits per heavy atom. The van der Waals surface area contributed by atoms with Gasteiger partial charge < -0.3 is 25.2 Å². The zero-order valence-corrected chi connectivity index (χ0v) is 23.9. The summed E-state index contributed by atoms with van der Waals surface area (Å²) in [6, 6.07) is 8.39. The van der Waals surface area contributed by atoms with Crippen molar-refractivity contribution in [3.8, 4) is 5.75 Å². The van der Waals surface area contributed by atoms with Crippen LogP contribution in [0.1, 0.15) is 24.4 Å². The number of nitrogens with zero attached hydrogens (tertiary/aromatic N) is 5. The molecular formula is C30H35F2N7O3. The predicted molar refractivity (Wildman–Crippen MR) is 158 cm³/mol. The number of aromatic nitrogens is 2. The van der Waals surface area contributed by atoms with Crippen molar-refractivity contribution in [3.05, 3.63) is 72.6 Å². The lowest BCUT2D eigenvalue weighted by Gasteiger charge is -2.25. The highest BCUT2D eigenvalue weighted by molar-refractivity contribution is 6.02. The minimum Gasteiger partial charge on any atom is -0.494 e. The molecule has 3 aromatic rings. The molecule has 0 unspecified atom stereocenters. The number of nitrogens with one attached hydrogen (secondary N) is 2. The van der Waals surface area contributed by atoms with E-state index in [0.29, 0.717) is 53.3 Å². The highest BCUT2D eigenvalue weighted by Crippen LogP contribution is 2.41. The first-order valence-electron chi connectivity index (χ1n) is 13.8. The zero-order valence-electron chi connectivity index (χ0n) is 23.9. The van der Waals surface area contributed by atoms with Crippen LogP contribution in [0.4, 0.5) is 37.5 Å². The van der Waals surface area contributed by atoms with Crippen LogP contribution in [-0.2, 0) is 9.63 Å². The summed E-state index contributed by atoms with van der Waals surface area (Å²) in [4.78, 5) is 31.3. The molecule has 1 aromatic heterocycles. The van der Waals surface area contributed by atoms with Gasteiger partial charge in [-0.25, -0.2) is 23.8 Å². The van der Waals surface area contributed by atoms with Gasteiger partial charge in [0.2, 0.25) is 5.91 Å². The summed E-state index contributed by atoms with van der Waals surface area (Å²) >= 11 is 0. The quantitative estimate of drug-likeness (QED) is 0.325. The number of amides is 1. The van der Waals surface area contributed by atoms with Crippen molar-refractivity contribution < 1.29 is 23.1 Å². The minimum absolute atomic E-state index is 0.327. The van der Waals surface area contributed by atoms with E-state index in [4.69, 9.17) is 9.57 Å². The molecule has 2 aromatic carbocycles. The maximum Gasteiger partial charge on any atom is 0.247 e. The molecule has 1 amide bonds. The standard InChI is InChI=1S/C30H35F2N7O3/c1-5-30(40)36-23-13-24(27(41-4)14-26(23)38-8-6-19(17-38)16-37(2)3)35-28-15-29(34-18-33-28)39-25(7-9-42-39)20-10-21(31)12-22(32)11-20/h5,10-15,18-19,25H,1,6-9,16-17H2,2-4H3,(H,36,40)(H,33,34,35)/t19-,25+/m0/s1. The van der Waals surface area contributed by atoms with E-state index in [2.05, 4.69) is 51.1 Å². The van der Waals surface area contributed by atoms with Crippen molar-refractivity contribution in [2.24, 2.45) is 5.92 Å². The van der Waals surface area contributed by atoms with Gasteiger partial charge in [-0.1, -0.05) is 6.58 Å². The van der Waals surface area contributed by atoms with Crippen molar-refractivity contribution in [2.45, 2.75) is 18.9 Å². The summed E-state index contributed by atoms with van der Waals surface area (Å²) in [6.45, 7) is 6.64. The van der Waals surface area contributed by atoms with Crippen LogP contribution < -0.4 is 25.3 Å². The molecular weight excluding hydrogens is 544 g/mol. The van der Waals surface area contributed by atoms with Gasteiger partial charge in [0.25, 0.3) is 0 Å². The van der Waals surface area contributed by atoms with Crippen LogP contribution >= 0.6 is 0 Å². The average molecular weight is 580 g/mol. The lowest BCUT2D eigenvalue weighted by Crippen LogP contribution is -2.26. The fraction of sp³-hybridized carbons (Fsp3) is 0.367. The first kappa shape index (κ1) is 29.2. The van der Waals surface area contributed by atoms with Gasteiger partial charge >= 0.3 is 0 Å². The molecule has 42 heavy (non-hydrogen) atoms. The number of methoxy groups -OCH3 is 1. The van der Waals surface area contributed by atoms with E-state index in [1.54, 1.807) is 19.2 Å². The van der Waals surface area contributed by atoms with E-state index in [-0.39, 0.29) is 5.91 Å². The molecule has 2 N–H and O–H groups in total. The Morgan fingerprint density at radius 1 is 1.14 bits per heavy atom. The molecule has 2 aliphatic rings. The van der Waals surface area contributed by atoms with Crippen LogP contribution in [0, 0.1) is 17.6 Å². The summed E-state index contributed by atoms with van der Waals surface area (Å²) in [5, 5.41) is 7.73. The Balaban J connectivity index is 1.43. The summed E-state index contributed by atoms with van der Waals surface area (Å²) in [5.74, 6) is 0.276. The number of hydrogen-bond donors (Lipinski definition) is 2. The van der Waals surface area contributed by atoms with Gasteiger partial charge in [0.15, 0.2) is 5.82 Å². The molecule has 2 aliphatic heterocycles. The largest absolute Gasteiger partial charge is 0.494 e. The van der Waals surface area contributed by atoms with Gasteiger partial charge in [0.05, 0.1) is 36.8 Å². The topological polar surface area (TPSA) is 95.1 Å². The number of carbonyl (C=O) groups excluding carboxylic acids is 1. The van der Waals surface area contributed by atoms with E-state index >= 15 is 0 Å². The maximum atomic E-state index is 13.9. The predicted octanol–water partition coefficient (Wildman–Crippen LogP) is 4.90. The minimum atomic E-state index is -0.654. The van der Waals surface area contributed by atoms with Crippen LogP contribution in [0.15, 0.2) is 55.4 Å². The van der Waals surface area contributed by atoms with Crippen LogP contribution in [0.3, 0.4) is 0 Å². The van der Waals surface area contributed by atoms with Crippen molar-refractivity contribution in [2.75, 3.05) is 68.0 Å². The molecule has 2 fully saturated rings. The number of halogens is 2. The molecule has 0 saturated carbocycles. The molecule has 0 bridgehead atoms. The zero-order chi connectivity index (χ0) is 29.8. The van der Waals surface area contributed by atoms with Crippen LogP contribution in [0.5, 0.6) is 5.75 Å². The fourth-order valence-corrected chi connectivity index (χ4v) is 5.54. The SMILES string of the molecule is C=CC(=O)Nc1cc(Nc2cc(N3OCC[C@@H]3c3cc(F)cc(F)c3)ncn2)c(OC)cc1N1CC[C@@H](CN(C)C)C1. The number of hydrogen-bond acceptors (Lipinski definition) is 9. The Morgan fingerprint density at radius 3 is 2.64 bits per heavy atom. The molecule has 222 valence electrons. The van der Waals surface area contributed by atoms with Gasteiger partial charge in [0.1, 0.15) is 29.5 Å². The first-order valence-corrected chi connectivity index (χ1v) is 13.8. The van der Waals surface area contributed by atoms with E-state index in [1.807, 2.05) is 6.07 Å². The molecule has 3 heterocycles. The van der Waals surface area contributed by atoms with Crippen molar-refractivity contribution >= 4 is 34.6 Å². The first-order chi connectivity index (χ1) is 20.2. The smallest absolute Gasteiger partial charge is 0.247 e. The average Bonchev–Trinajstić information content (AvgIpc) is 3.63. The number of benzene rings is 2. The second-order valence-corrected chi connectivity index (χ2v) is 10.7. The molecule has 0 spiro atoms. The van der Waals surface area contributed by atoms with Crippen molar-refractivity contribution in [1.82, 2.24) is 14.9 Å². The lowest BCUT2D eigenvalue weighted by atomic mass is 10.0. The van der Waals surface area contributed by atoms with Crippen LogP contribution in [0.2, 0.25) is 0 Å². The highest BCUT2D eigenvalue weighted by Gasteiger charge is 2.30. The second kappa shape index (κ2) is 12.7. The third-order valence-electron chi connectivity index (χ3n) is 7.33. The highest BCUT2D eigenvalue weighted by atomic mass is 19.1. The molecule has 5 rings (SSSR count). The van der Waals surface area contributed by atoms with Gasteiger partial charge in [-0.3, -0.25) is 9.63 Å². The molecule has 2 saturated heterocycles. The Labute approximate surface area is 243 Å². The molecule has 0 radical (unpaired) electrons. The van der Waals surface area contributed by atoms with Crippen LogP contribution in [0.25, 0.3) is 0 Å². The number of anilines is 5. The monoisotopic (exact) mass is 579 g/mol. The van der Waals surface area contributed by atoms with Gasteiger partial charge in [-0.2, -0.15) is 0 Å². The van der Waals surface area contributed by atoms with E-state index < -0.39 is 17.7 Å². The maximum absolute atomic E-state index is 13.9. The number of rotatable bonds is 10. The van der Waals surface area contributed by atoms with E-state index in [0.717, 1.165) is 37.8 Å². The van der Waals surface area contributed by atoms with Gasteiger partial charge in [-0.15, -0.1) is 0 Å². The number of carbonyl (C=O) groups is 1. The third kappa shape index (κ3) is 6.60. The van der Waals surface area contributed by atoms with Crippen LogP contribution in [-0.4, -0.2) is 68.2 Å². The fourth-order valence-electron chi connectivity index (χ4n) is 5.54. The molecule has 0 aliphatic carbocycles. The van der Waals surface area contributed by atoms with Gasteiger partial charge in [-0.05, 0) is 56.3 Å². The van der Waals surface area contributed by atoms with Gasteiger partial charge in [0, 0.05) is 44.3 Å². The Hall–Kier alpha value is -4.29. The summed E-state index contributed by atoms with van der Waals surface area (Å²) in [5.41, 5.74) is 2.49. The van der Waals surface area contributed by atoms with Crippen molar-refractivity contribution in [1.29, 1.82) is 0 Å². The molecule has 12 heteroatoms. The summed E-state index contributed by atoms with van der Waals surface area (Å²) in [7, 11) is 5.72. The second-order valence-electron chi connectivity index (χ2n) is 10.7.